The third-order valence-electron chi connectivity index (χ3n) is 5.86. The number of hydrogen-bond donors (Lipinski definition) is 2. The molecule has 2 aliphatic heterocycles. The van der Waals surface area contributed by atoms with Crippen LogP contribution in [0.2, 0.25) is 0 Å². The SMILES string of the molecule is CN=C(NCC(C)Oc1ccc(OC)cc1)NC1CC2CCC(C1)N2C(=O)OC(C)(C)C.I. The highest BCUT2D eigenvalue weighted by Gasteiger charge is 2.45. The number of nitrogens with one attached hydrogen (secondary N) is 2. The van der Waals surface area contributed by atoms with Crippen molar-refractivity contribution in [3.63, 3.8) is 0 Å². The third-order valence-corrected chi connectivity index (χ3v) is 5.86. The maximum absolute atomic E-state index is 12.6. The summed E-state index contributed by atoms with van der Waals surface area (Å²) >= 11 is 0. The second-order valence-electron chi connectivity index (χ2n) is 9.64. The number of benzene rings is 1. The molecule has 0 spiro atoms. The topological polar surface area (TPSA) is 84.4 Å². The fraction of sp³-hybridized carbons (Fsp3) is 0.667. The quantitative estimate of drug-likeness (QED) is 0.302. The van der Waals surface area contributed by atoms with Gasteiger partial charge in [-0.05, 0) is 77.6 Å². The lowest BCUT2D eigenvalue weighted by Gasteiger charge is -2.40. The number of halogens is 1. The van der Waals surface area contributed by atoms with Crippen LogP contribution in [0.3, 0.4) is 0 Å². The number of hydrogen-bond acceptors (Lipinski definition) is 5. The van der Waals surface area contributed by atoms with E-state index in [1.165, 1.54) is 0 Å². The molecule has 2 N–H and O–H groups in total. The van der Waals surface area contributed by atoms with Crippen LogP contribution in [0.4, 0.5) is 4.79 Å². The standard InChI is InChI=1S/C24H38N4O4.HI/c1-16(31-21-11-9-20(30-6)10-12-21)15-26-22(25-5)27-17-13-18-7-8-19(14-17)28(18)23(29)32-24(2,3)4;/h9-12,16-19H,7-8,13-15H2,1-6H3,(H2,25,26,27);1H. The largest absolute Gasteiger partial charge is 0.497 e. The average molecular weight is 575 g/mol. The number of amides is 1. The maximum Gasteiger partial charge on any atom is 0.410 e. The summed E-state index contributed by atoms with van der Waals surface area (Å²) in [7, 11) is 3.42. The highest BCUT2D eigenvalue weighted by Crippen LogP contribution is 2.36. The van der Waals surface area contributed by atoms with E-state index in [9.17, 15) is 4.79 Å². The highest BCUT2D eigenvalue weighted by molar-refractivity contribution is 14.0. The van der Waals surface area contributed by atoms with E-state index in [0.29, 0.717) is 6.54 Å². The van der Waals surface area contributed by atoms with Crippen LogP contribution in [-0.2, 0) is 4.74 Å². The van der Waals surface area contributed by atoms with E-state index in [0.717, 1.165) is 43.1 Å². The van der Waals surface area contributed by atoms with Gasteiger partial charge in [0, 0.05) is 25.2 Å². The number of carbonyl (C=O) groups is 1. The number of aliphatic imine (C=N–C) groups is 1. The molecule has 2 saturated heterocycles. The van der Waals surface area contributed by atoms with Crippen LogP contribution in [0.25, 0.3) is 0 Å². The van der Waals surface area contributed by atoms with Gasteiger partial charge in [-0.1, -0.05) is 0 Å². The molecule has 2 bridgehead atoms. The summed E-state index contributed by atoms with van der Waals surface area (Å²) in [5, 5.41) is 6.89. The zero-order valence-electron chi connectivity index (χ0n) is 20.6. The van der Waals surface area contributed by atoms with Gasteiger partial charge in [-0.15, -0.1) is 24.0 Å². The number of nitrogens with zero attached hydrogens (tertiary/aromatic N) is 2. The Morgan fingerprint density at radius 2 is 1.73 bits per heavy atom. The van der Waals surface area contributed by atoms with Crippen LogP contribution in [-0.4, -0.2) is 67.5 Å². The molecule has 2 fully saturated rings. The van der Waals surface area contributed by atoms with Crippen LogP contribution >= 0.6 is 24.0 Å². The number of methoxy groups -OCH3 is 1. The maximum atomic E-state index is 12.6. The van der Waals surface area contributed by atoms with Crippen molar-refractivity contribution < 1.29 is 19.0 Å². The summed E-state index contributed by atoms with van der Waals surface area (Å²) in [6.07, 6.45) is 3.63. The minimum atomic E-state index is -0.470. The van der Waals surface area contributed by atoms with Crippen molar-refractivity contribution in [1.29, 1.82) is 0 Å². The second-order valence-corrected chi connectivity index (χ2v) is 9.64. The van der Waals surface area contributed by atoms with Crippen molar-refractivity contribution in [2.24, 2.45) is 4.99 Å². The van der Waals surface area contributed by atoms with Gasteiger partial charge < -0.3 is 29.7 Å². The lowest BCUT2D eigenvalue weighted by Crippen LogP contribution is -2.55. The molecule has 3 unspecified atom stereocenters. The normalized spacial score (nSPS) is 23.3. The predicted molar refractivity (Wildman–Crippen MR) is 141 cm³/mol. The minimum absolute atomic E-state index is 0. The van der Waals surface area contributed by atoms with Crippen molar-refractivity contribution >= 4 is 36.0 Å². The monoisotopic (exact) mass is 574 g/mol. The van der Waals surface area contributed by atoms with Gasteiger partial charge in [0.05, 0.1) is 13.7 Å². The summed E-state index contributed by atoms with van der Waals surface area (Å²) in [5.41, 5.74) is -0.470. The molecule has 1 aromatic carbocycles. The summed E-state index contributed by atoms with van der Waals surface area (Å²) < 4.78 is 16.8. The smallest absolute Gasteiger partial charge is 0.410 e. The molecule has 0 aromatic heterocycles. The van der Waals surface area contributed by atoms with Crippen LogP contribution in [0.5, 0.6) is 11.5 Å². The zero-order chi connectivity index (χ0) is 23.3. The molecule has 33 heavy (non-hydrogen) atoms. The van der Waals surface area contributed by atoms with Crippen molar-refractivity contribution in [2.75, 3.05) is 20.7 Å². The van der Waals surface area contributed by atoms with Gasteiger partial charge in [0.25, 0.3) is 0 Å². The molecule has 2 aliphatic rings. The zero-order valence-corrected chi connectivity index (χ0v) is 22.9. The first-order valence-corrected chi connectivity index (χ1v) is 11.5. The van der Waals surface area contributed by atoms with Crippen molar-refractivity contribution in [3.8, 4) is 11.5 Å². The van der Waals surface area contributed by atoms with Gasteiger partial charge in [-0.25, -0.2) is 4.79 Å². The van der Waals surface area contributed by atoms with Crippen LogP contribution < -0.4 is 20.1 Å². The Balaban J connectivity index is 0.00000385. The molecule has 1 amide bonds. The Hall–Kier alpha value is -1.91. The first-order chi connectivity index (χ1) is 15.2. The molecule has 0 radical (unpaired) electrons. The number of fused-ring (bicyclic) bond motifs is 2. The molecule has 186 valence electrons. The first kappa shape index (κ1) is 27.3. The molecule has 0 saturated carbocycles. The van der Waals surface area contributed by atoms with E-state index in [1.807, 2.05) is 56.9 Å². The number of carbonyl (C=O) groups excluding carboxylic acids is 1. The molecule has 1 aromatic rings. The lowest BCUT2D eigenvalue weighted by molar-refractivity contribution is 0.00544. The molecule has 9 heteroatoms. The Morgan fingerprint density at radius 3 is 2.24 bits per heavy atom. The molecule has 3 rings (SSSR count). The molecule has 8 nitrogen and oxygen atoms in total. The van der Waals surface area contributed by atoms with E-state index in [1.54, 1.807) is 14.2 Å². The fourth-order valence-electron chi connectivity index (χ4n) is 4.46. The van der Waals surface area contributed by atoms with Gasteiger partial charge in [0.1, 0.15) is 23.2 Å². The van der Waals surface area contributed by atoms with E-state index in [-0.39, 0.29) is 54.3 Å². The lowest BCUT2D eigenvalue weighted by atomic mass is 9.98. The Kier molecular flexibility index (Phi) is 9.93. The van der Waals surface area contributed by atoms with Crippen molar-refractivity contribution in [3.05, 3.63) is 24.3 Å². The first-order valence-electron chi connectivity index (χ1n) is 11.5. The predicted octanol–water partition coefficient (Wildman–Crippen LogP) is 4.18. The Bertz CT molecular complexity index is 783. The average Bonchev–Trinajstić information content (AvgIpc) is 3.01. The van der Waals surface area contributed by atoms with Crippen molar-refractivity contribution in [1.82, 2.24) is 15.5 Å². The van der Waals surface area contributed by atoms with Crippen LogP contribution in [0, 0.1) is 0 Å². The van der Waals surface area contributed by atoms with Gasteiger partial charge in [0.15, 0.2) is 5.96 Å². The van der Waals surface area contributed by atoms with Gasteiger partial charge >= 0.3 is 6.09 Å². The van der Waals surface area contributed by atoms with E-state index < -0.39 is 5.60 Å². The molecular weight excluding hydrogens is 535 g/mol. The van der Waals surface area contributed by atoms with E-state index >= 15 is 0 Å². The molecular formula is C24H39IN4O4. The Labute approximate surface area is 214 Å². The van der Waals surface area contributed by atoms with Gasteiger partial charge in [-0.3, -0.25) is 4.99 Å². The van der Waals surface area contributed by atoms with Crippen LogP contribution in [0.15, 0.2) is 29.3 Å². The number of guanidine groups is 1. The molecule has 3 atom stereocenters. The summed E-state index contributed by atoms with van der Waals surface area (Å²) in [6.45, 7) is 8.38. The molecule has 0 aliphatic carbocycles. The summed E-state index contributed by atoms with van der Waals surface area (Å²) in [5.74, 6) is 2.36. The summed E-state index contributed by atoms with van der Waals surface area (Å²) in [6, 6.07) is 8.28. The van der Waals surface area contributed by atoms with Crippen LogP contribution in [0.1, 0.15) is 53.4 Å². The van der Waals surface area contributed by atoms with E-state index in [4.69, 9.17) is 14.2 Å². The Morgan fingerprint density at radius 1 is 1.15 bits per heavy atom. The highest BCUT2D eigenvalue weighted by atomic mass is 127. The van der Waals surface area contributed by atoms with Gasteiger partial charge in [0.2, 0.25) is 0 Å². The number of ether oxygens (including phenoxy) is 3. The van der Waals surface area contributed by atoms with E-state index in [2.05, 4.69) is 15.6 Å². The van der Waals surface area contributed by atoms with Gasteiger partial charge in [-0.2, -0.15) is 0 Å². The molecule has 2 heterocycles. The fourth-order valence-corrected chi connectivity index (χ4v) is 4.46. The third kappa shape index (κ3) is 7.82. The number of rotatable bonds is 6. The minimum Gasteiger partial charge on any atom is -0.497 e. The van der Waals surface area contributed by atoms with Crippen molar-refractivity contribution in [2.45, 2.75) is 83.2 Å². The number of piperidine rings is 1. The second kappa shape index (κ2) is 12.0. The summed E-state index contributed by atoms with van der Waals surface area (Å²) in [4.78, 5) is 19.0.